The Hall–Kier alpha value is -1.58. The van der Waals surface area contributed by atoms with E-state index in [9.17, 15) is 9.18 Å². The molecule has 0 bridgehead atoms. The van der Waals surface area contributed by atoms with Crippen molar-refractivity contribution in [3.05, 3.63) is 29.6 Å². The minimum Gasteiger partial charge on any atom is -0.486 e. The minimum absolute atomic E-state index is 0.132. The average Bonchev–Trinajstić information content (AvgIpc) is 2.27. The van der Waals surface area contributed by atoms with Crippen LogP contribution in [0.5, 0.6) is 5.75 Å². The normalized spacial score (nSPS) is 10.5. The third-order valence-corrected chi connectivity index (χ3v) is 2.39. The van der Waals surface area contributed by atoms with E-state index in [1.54, 1.807) is 0 Å². The second kappa shape index (κ2) is 5.49. The summed E-state index contributed by atoms with van der Waals surface area (Å²) in [6, 6.07) is 3.89. The summed E-state index contributed by atoms with van der Waals surface area (Å²) >= 11 is 0. The van der Waals surface area contributed by atoms with Gasteiger partial charge >= 0.3 is 5.97 Å². The van der Waals surface area contributed by atoms with Gasteiger partial charge < -0.3 is 9.84 Å². The van der Waals surface area contributed by atoms with Crippen LogP contribution in [0, 0.1) is 5.82 Å². The van der Waals surface area contributed by atoms with Crippen molar-refractivity contribution in [1.82, 2.24) is 0 Å². The Kier molecular flexibility index (Phi) is 4.28. The smallest absolute Gasteiger partial charge is 0.339 e. The first-order valence-electron chi connectivity index (χ1n) is 5.28. The third-order valence-electron chi connectivity index (χ3n) is 2.39. The highest BCUT2D eigenvalue weighted by Gasteiger charge is 2.18. The molecule has 0 amide bonds. The van der Waals surface area contributed by atoms with E-state index in [0.717, 1.165) is 0 Å². The first-order chi connectivity index (χ1) is 7.60. The number of carboxylic acids is 1. The highest BCUT2D eigenvalue weighted by molar-refractivity contribution is 5.90. The molecule has 0 unspecified atom stereocenters. The number of carbonyl (C=O) groups is 1. The largest absolute Gasteiger partial charge is 0.486 e. The summed E-state index contributed by atoms with van der Waals surface area (Å²) in [4.78, 5) is 10.9. The van der Waals surface area contributed by atoms with Crippen LogP contribution in [-0.4, -0.2) is 17.2 Å². The van der Waals surface area contributed by atoms with Gasteiger partial charge in [0, 0.05) is 0 Å². The molecular weight excluding hydrogens is 211 g/mol. The SMILES string of the molecule is CCC(CC)Oc1c(F)cccc1C(=O)O. The van der Waals surface area contributed by atoms with Crippen LogP contribution in [0.4, 0.5) is 4.39 Å². The molecule has 0 aliphatic heterocycles. The van der Waals surface area contributed by atoms with Gasteiger partial charge in [-0.15, -0.1) is 0 Å². The van der Waals surface area contributed by atoms with Gasteiger partial charge in [-0.05, 0) is 25.0 Å². The lowest BCUT2D eigenvalue weighted by atomic mass is 10.1. The van der Waals surface area contributed by atoms with Gasteiger partial charge in [-0.1, -0.05) is 19.9 Å². The molecule has 16 heavy (non-hydrogen) atoms. The number of benzene rings is 1. The molecule has 0 heterocycles. The molecule has 0 aliphatic rings. The predicted octanol–water partition coefficient (Wildman–Crippen LogP) is 3.09. The average molecular weight is 226 g/mol. The van der Waals surface area contributed by atoms with Gasteiger partial charge in [-0.25, -0.2) is 9.18 Å². The Labute approximate surface area is 93.9 Å². The van der Waals surface area contributed by atoms with Gasteiger partial charge in [-0.2, -0.15) is 0 Å². The summed E-state index contributed by atoms with van der Waals surface area (Å²) in [5, 5.41) is 8.90. The fourth-order valence-electron chi connectivity index (χ4n) is 1.42. The highest BCUT2D eigenvalue weighted by Crippen LogP contribution is 2.25. The molecular formula is C12H15FO3. The molecule has 0 fully saturated rings. The molecule has 1 aromatic carbocycles. The molecule has 0 atom stereocenters. The predicted molar refractivity (Wildman–Crippen MR) is 58.4 cm³/mol. The second-order valence-corrected chi connectivity index (χ2v) is 3.48. The molecule has 1 aromatic rings. The Bertz CT molecular complexity index is 373. The second-order valence-electron chi connectivity index (χ2n) is 3.48. The van der Waals surface area contributed by atoms with Crippen LogP contribution in [0.25, 0.3) is 0 Å². The summed E-state index contributed by atoms with van der Waals surface area (Å²) in [6.07, 6.45) is 1.27. The topological polar surface area (TPSA) is 46.5 Å². The molecule has 1 rings (SSSR count). The third kappa shape index (κ3) is 2.72. The molecule has 0 saturated heterocycles. The van der Waals surface area contributed by atoms with E-state index in [4.69, 9.17) is 9.84 Å². The van der Waals surface area contributed by atoms with Crippen molar-refractivity contribution in [2.45, 2.75) is 32.8 Å². The summed E-state index contributed by atoms with van der Waals surface area (Å²) in [7, 11) is 0. The molecule has 3 nitrogen and oxygen atoms in total. The van der Waals surface area contributed by atoms with Crippen molar-refractivity contribution in [1.29, 1.82) is 0 Å². The summed E-state index contributed by atoms with van der Waals surface area (Å²) in [5.74, 6) is -1.98. The maximum atomic E-state index is 13.5. The number of aromatic carboxylic acids is 1. The van der Waals surface area contributed by atoms with E-state index >= 15 is 0 Å². The van der Waals surface area contributed by atoms with Gasteiger partial charge in [0.2, 0.25) is 0 Å². The van der Waals surface area contributed by atoms with E-state index in [-0.39, 0.29) is 17.4 Å². The van der Waals surface area contributed by atoms with Gasteiger partial charge in [0.1, 0.15) is 5.56 Å². The monoisotopic (exact) mass is 226 g/mol. The van der Waals surface area contributed by atoms with Crippen LogP contribution >= 0.6 is 0 Å². The molecule has 0 aliphatic carbocycles. The van der Waals surface area contributed by atoms with E-state index in [1.165, 1.54) is 18.2 Å². The number of para-hydroxylation sites is 1. The Morgan fingerprint density at radius 2 is 2.06 bits per heavy atom. The van der Waals surface area contributed by atoms with Crippen LogP contribution in [0.15, 0.2) is 18.2 Å². The Morgan fingerprint density at radius 3 is 2.56 bits per heavy atom. The first kappa shape index (κ1) is 12.5. The maximum absolute atomic E-state index is 13.5. The van der Waals surface area contributed by atoms with Crippen LogP contribution in [0.3, 0.4) is 0 Å². The van der Waals surface area contributed by atoms with E-state index < -0.39 is 11.8 Å². The lowest BCUT2D eigenvalue weighted by Gasteiger charge is -2.17. The van der Waals surface area contributed by atoms with Gasteiger partial charge in [0.25, 0.3) is 0 Å². The zero-order valence-corrected chi connectivity index (χ0v) is 9.37. The zero-order valence-electron chi connectivity index (χ0n) is 9.37. The fraction of sp³-hybridized carbons (Fsp3) is 0.417. The van der Waals surface area contributed by atoms with Crippen molar-refractivity contribution in [2.75, 3.05) is 0 Å². The number of carboxylic acid groups (broad SMARTS) is 1. The van der Waals surface area contributed by atoms with Gasteiger partial charge in [-0.3, -0.25) is 0 Å². The van der Waals surface area contributed by atoms with Gasteiger partial charge in [0.15, 0.2) is 11.6 Å². The van der Waals surface area contributed by atoms with Crippen LogP contribution < -0.4 is 4.74 Å². The summed E-state index contributed by atoms with van der Waals surface area (Å²) in [6.45, 7) is 3.82. The standard InChI is InChI=1S/C12H15FO3/c1-3-8(4-2)16-11-9(12(14)15)6-5-7-10(11)13/h5-8H,3-4H2,1-2H3,(H,14,15). The maximum Gasteiger partial charge on any atom is 0.339 e. The van der Waals surface area contributed by atoms with Crippen molar-refractivity contribution >= 4 is 5.97 Å². The summed E-state index contributed by atoms with van der Waals surface area (Å²) in [5.41, 5.74) is -0.132. The van der Waals surface area contributed by atoms with Crippen LogP contribution in [0.2, 0.25) is 0 Å². The molecule has 88 valence electrons. The number of halogens is 1. The zero-order chi connectivity index (χ0) is 12.1. The lowest BCUT2D eigenvalue weighted by Crippen LogP contribution is -2.16. The molecule has 0 aromatic heterocycles. The van der Waals surface area contributed by atoms with E-state index in [2.05, 4.69) is 0 Å². The summed E-state index contributed by atoms with van der Waals surface area (Å²) < 4.78 is 18.8. The Balaban J connectivity index is 3.05. The number of hydrogen-bond acceptors (Lipinski definition) is 2. The number of hydrogen-bond donors (Lipinski definition) is 1. The van der Waals surface area contributed by atoms with Crippen molar-refractivity contribution in [3.63, 3.8) is 0 Å². The van der Waals surface area contributed by atoms with E-state index in [1.807, 2.05) is 13.8 Å². The molecule has 0 radical (unpaired) electrons. The van der Waals surface area contributed by atoms with Gasteiger partial charge in [0.05, 0.1) is 6.10 Å². The lowest BCUT2D eigenvalue weighted by molar-refractivity contribution is 0.0686. The molecule has 0 saturated carbocycles. The number of rotatable bonds is 5. The quantitative estimate of drug-likeness (QED) is 0.839. The minimum atomic E-state index is -1.18. The molecule has 0 spiro atoms. The first-order valence-corrected chi connectivity index (χ1v) is 5.28. The Morgan fingerprint density at radius 1 is 1.44 bits per heavy atom. The molecule has 4 heteroatoms. The number of ether oxygens (including phenoxy) is 1. The van der Waals surface area contributed by atoms with Crippen molar-refractivity contribution < 1.29 is 19.0 Å². The van der Waals surface area contributed by atoms with Crippen LogP contribution in [-0.2, 0) is 0 Å². The van der Waals surface area contributed by atoms with E-state index in [0.29, 0.717) is 12.8 Å². The van der Waals surface area contributed by atoms with Crippen LogP contribution in [0.1, 0.15) is 37.0 Å². The highest BCUT2D eigenvalue weighted by atomic mass is 19.1. The molecule has 1 N–H and O–H groups in total. The van der Waals surface area contributed by atoms with Crippen molar-refractivity contribution in [2.24, 2.45) is 0 Å². The fourth-order valence-corrected chi connectivity index (χ4v) is 1.42. The van der Waals surface area contributed by atoms with Crippen molar-refractivity contribution in [3.8, 4) is 5.75 Å².